The minimum Gasteiger partial charge on any atom is -0.320 e. The van der Waals surface area contributed by atoms with Crippen molar-refractivity contribution < 1.29 is 4.79 Å². The molecule has 120 valence electrons. The van der Waals surface area contributed by atoms with Crippen LogP contribution in [-0.2, 0) is 0 Å². The Balaban J connectivity index is 1.90. The number of benzene rings is 2. The number of aryl methyl sites for hydroxylation is 1. The minimum absolute atomic E-state index is 0.209. The van der Waals surface area contributed by atoms with Crippen molar-refractivity contribution in [3.8, 4) is 11.1 Å². The van der Waals surface area contributed by atoms with Gasteiger partial charge in [-0.2, -0.15) is 0 Å². The monoisotopic (exact) mass is 380 g/mol. The molecule has 1 aromatic heterocycles. The van der Waals surface area contributed by atoms with Crippen molar-refractivity contribution in [2.24, 2.45) is 0 Å². The number of amides is 1. The Morgan fingerprint density at radius 1 is 0.958 bits per heavy atom. The zero-order chi connectivity index (χ0) is 17.1. The van der Waals surface area contributed by atoms with Crippen LogP contribution < -0.4 is 5.32 Å². The lowest BCUT2D eigenvalue weighted by atomic mass is 9.99. The van der Waals surface area contributed by atoms with Gasteiger partial charge in [-0.05, 0) is 64.7 Å². The van der Waals surface area contributed by atoms with E-state index in [9.17, 15) is 4.79 Å². The number of anilines is 1. The van der Waals surface area contributed by atoms with Gasteiger partial charge in [-0.1, -0.05) is 42.5 Å². The van der Waals surface area contributed by atoms with Crippen LogP contribution in [0.15, 0.2) is 65.1 Å². The molecule has 24 heavy (non-hydrogen) atoms. The summed E-state index contributed by atoms with van der Waals surface area (Å²) in [6, 6.07) is 19.6. The highest BCUT2D eigenvalue weighted by molar-refractivity contribution is 9.10. The Morgan fingerprint density at radius 3 is 2.42 bits per heavy atom. The molecule has 0 aliphatic carbocycles. The molecule has 0 spiro atoms. The maximum Gasteiger partial charge on any atom is 0.274 e. The standard InChI is InChI=1S/C20H17BrN2O/c1-13-16(15-7-4-3-5-8-15)9-6-10-18(13)23-20(24)19-12-11-17(21)14(2)22-19/h3-12H,1-2H3,(H,23,24). The highest BCUT2D eigenvalue weighted by atomic mass is 79.9. The molecule has 0 saturated carbocycles. The van der Waals surface area contributed by atoms with Gasteiger partial charge in [-0.15, -0.1) is 0 Å². The second-order valence-electron chi connectivity index (χ2n) is 5.56. The molecule has 1 N–H and O–H groups in total. The fourth-order valence-electron chi connectivity index (χ4n) is 2.56. The van der Waals surface area contributed by atoms with Crippen molar-refractivity contribution in [1.29, 1.82) is 0 Å². The molecule has 0 aliphatic rings. The zero-order valence-corrected chi connectivity index (χ0v) is 15.1. The third-order valence-electron chi connectivity index (χ3n) is 3.92. The fraction of sp³-hybridized carbons (Fsp3) is 0.100. The van der Waals surface area contributed by atoms with Gasteiger partial charge in [0, 0.05) is 10.2 Å². The largest absolute Gasteiger partial charge is 0.320 e. The van der Waals surface area contributed by atoms with Crippen molar-refractivity contribution in [1.82, 2.24) is 4.98 Å². The van der Waals surface area contributed by atoms with Crippen LogP contribution >= 0.6 is 15.9 Å². The van der Waals surface area contributed by atoms with Crippen LogP contribution in [0, 0.1) is 13.8 Å². The Labute approximate surface area is 149 Å². The molecule has 0 saturated heterocycles. The highest BCUT2D eigenvalue weighted by Gasteiger charge is 2.12. The van der Waals surface area contributed by atoms with Crippen molar-refractivity contribution in [3.63, 3.8) is 0 Å². The number of halogens is 1. The van der Waals surface area contributed by atoms with E-state index in [2.05, 4.69) is 44.4 Å². The number of rotatable bonds is 3. The van der Waals surface area contributed by atoms with E-state index in [4.69, 9.17) is 0 Å². The Hall–Kier alpha value is -2.46. The summed E-state index contributed by atoms with van der Waals surface area (Å²) in [4.78, 5) is 16.8. The predicted molar refractivity (Wildman–Crippen MR) is 101 cm³/mol. The van der Waals surface area contributed by atoms with Gasteiger partial charge >= 0.3 is 0 Å². The van der Waals surface area contributed by atoms with Gasteiger partial charge in [-0.3, -0.25) is 4.79 Å². The lowest BCUT2D eigenvalue weighted by Gasteiger charge is -2.13. The molecule has 0 unspecified atom stereocenters. The second-order valence-corrected chi connectivity index (χ2v) is 6.42. The van der Waals surface area contributed by atoms with E-state index in [-0.39, 0.29) is 5.91 Å². The minimum atomic E-state index is -0.209. The lowest BCUT2D eigenvalue weighted by molar-refractivity contribution is 0.102. The molecule has 0 fully saturated rings. The van der Waals surface area contributed by atoms with Crippen LogP contribution in [0.4, 0.5) is 5.69 Å². The average Bonchev–Trinajstić information content (AvgIpc) is 2.60. The first kappa shape index (κ1) is 16.4. The number of nitrogens with one attached hydrogen (secondary N) is 1. The molecular formula is C20H17BrN2O. The molecule has 4 heteroatoms. The van der Waals surface area contributed by atoms with Gasteiger partial charge in [0.05, 0.1) is 5.69 Å². The SMILES string of the molecule is Cc1nc(C(=O)Nc2cccc(-c3ccccc3)c2C)ccc1Br. The maximum atomic E-state index is 12.5. The number of carbonyl (C=O) groups is 1. The molecule has 0 bridgehead atoms. The van der Waals surface area contributed by atoms with Crippen molar-refractivity contribution in [3.05, 3.63) is 82.1 Å². The van der Waals surface area contributed by atoms with Crippen molar-refractivity contribution >= 4 is 27.5 Å². The van der Waals surface area contributed by atoms with E-state index >= 15 is 0 Å². The van der Waals surface area contributed by atoms with Gasteiger partial charge in [0.15, 0.2) is 0 Å². The number of nitrogens with zero attached hydrogens (tertiary/aromatic N) is 1. The smallest absolute Gasteiger partial charge is 0.274 e. The Morgan fingerprint density at radius 2 is 1.71 bits per heavy atom. The van der Waals surface area contributed by atoms with Gasteiger partial charge in [0.2, 0.25) is 0 Å². The lowest BCUT2D eigenvalue weighted by Crippen LogP contribution is -2.15. The van der Waals surface area contributed by atoms with Crippen LogP contribution in [0.5, 0.6) is 0 Å². The molecule has 3 aromatic rings. The van der Waals surface area contributed by atoms with Gasteiger partial charge in [-0.25, -0.2) is 4.98 Å². The van der Waals surface area contributed by atoms with E-state index in [1.807, 2.05) is 50.2 Å². The van der Waals surface area contributed by atoms with Crippen LogP contribution in [0.25, 0.3) is 11.1 Å². The molecule has 1 heterocycles. The number of hydrogen-bond donors (Lipinski definition) is 1. The second kappa shape index (κ2) is 6.97. The molecule has 0 aliphatic heterocycles. The molecule has 2 aromatic carbocycles. The fourth-order valence-corrected chi connectivity index (χ4v) is 2.78. The topological polar surface area (TPSA) is 42.0 Å². The third kappa shape index (κ3) is 3.39. The molecule has 0 radical (unpaired) electrons. The Kier molecular flexibility index (Phi) is 4.76. The van der Waals surface area contributed by atoms with E-state index in [0.717, 1.165) is 32.5 Å². The molecule has 3 rings (SSSR count). The zero-order valence-electron chi connectivity index (χ0n) is 13.5. The summed E-state index contributed by atoms with van der Waals surface area (Å²) in [5.74, 6) is -0.209. The van der Waals surface area contributed by atoms with Crippen LogP contribution in [-0.4, -0.2) is 10.9 Å². The summed E-state index contributed by atoms with van der Waals surface area (Å²) in [6.07, 6.45) is 0. The predicted octanol–water partition coefficient (Wildman–Crippen LogP) is 5.38. The summed E-state index contributed by atoms with van der Waals surface area (Å²) in [5.41, 5.74) is 5.25. The normalized spacial score (nSPS) is 10.5. The van der Waals surface area contributed by atoms with Crippen molar-refractivity contribution in [2.45, 2.75) is 13.8 Å². The van der Waals surface area contributed by atoms with E-state index in [1.165, 1.54) is 0 Å². The number of pyridine rings is 1. The van der Waals surface area contributed by atoms with Crippen molar-refractivity contribution in [2.75, 3.05) is 5.32 Å². The van der Waals surface area contributed by atoms with Crippen LogP contribution in [0.1, 0.15) is 21.7 Å². The number of hydrogen-bond acceptors (Lipinski definition) is 2. The van der Waals surface area contributed by atoms with Gasteiger partial charge in [0.1, 0.15) is 5.69 Å². The first-order chi connectivity index (χ1) is 11.6. The Bertz CT molecular complexity index is 891. The maximum absolute atomic E-state index is 12.5. The molecular weight excluding hydrogens is 364 g/mol. The summed E-state index contributed by atoms with van der Waals surface area (Å²) in [7, 11) is 0. The highest BCUT2D eigenvalue weighted by Crippen LogP contribution is 2.28. The summed E-state index contributed by atoms with van der Waals surface area (Å²) in [6.45, 7) is 3.88. The quantitative estimate of drug-likeness (QED) is 0.662. The van der Waals surface area contributed by atoms with E-state index < -0.39 is 0 Å². The third-order valence-corrected chi connectivity index (χ3v) is 4.76. The number of carbonyl (C=O) groups excluding carboxylic acids is 1. The first-order valence-corrected chi connectivity index (χ1v) is 8.45. The molecule has 0 atom stereocenters. The average molecular weight is 381 g/mol. The summed E-state index contributed by atoms with van der Waals surface area (Å²) in [5, 5.41) is 2.97. The summed E-state index contributed by atoms with van der Waals surface area (Å²) < 4.78 is 0.890. The van der Waals surface area contributed by atoms with Gasteiger partial charge < -0.3 is 5.32 Å². The van der Waals surface area contributed by atoms with E-state index in [0.29, 0.717) is 5.69 Å². The molecule has 1 amide bonds. The first-order valence-electron chi connectivity index (χ1n) is 7.66. The van der Waals surface area contributed by atoms with Gasteiger partial charge in [0.25, 0.3) is 5.91 Å². The molecule has 3 nitrogen and oxygen atoms in total. The summed E-state index contributed by atoms with van der Waals surface area (Å²) >= 11 is 3.40. The van der Waals surface area contributed by atoms with E-state index in [1.54, 1.807) is 6.07 Å². The van der Waals surface area contributed by atoms with Crippen LogP contribution in [0.2, 0.25) is 0 Å². The van der Waals surface area contributed by atoms with Crippen LogP contribution in [0.3, 0.4) is 0 Å². The number of aromatic nitrogens is 1.